The van der Waals surface area contributed by atoms with Gasteiger partial charge in [0.15, 0.2) is 5.78 Å². The average Bonchev–Trinajstić information content (AvgIpc) is 2.86. The van der Waals surface area contributed by atoms with Crippen LogP contribution in [0.3, 0.4) is 0 Å². The largest absolute Gasteiger partial charge is 0.300 e. The Morgan fingerprint density at radius 1 is 1.17 bits per heavy atom. The lowest BCUT2D eigenvalue weighted by atomic mass is 9.54. The molecule has 0 aromatic rings. The van der Waals surface area contributed by atoms with Crippen molar-refractivity contribution in [2.24, 2.45) is 28.6 Å². The Morgan fingerprint density at radius 2 is 1.91 bits per heavy atom. The van der Waals surface area contributed by atoms with E-state index >= 15 is 0 Å². The maximum absolute atomic E-state index is 12.0. The molecule has 2 heteroatoms. The first-order valence-corrected chi connectivity index (χ1v) is 9.55. The van der Waals surface area contributed by atoms with Crippen LogP contribution in [-0.2, 0) is 9.59 Å². The van der Waals surface area contributed by atoms with E-state index in [0.717, 1.165) is 19.3 Å². The fourth-order valence-corrected chi connectivity index (χ4v) is 6.22. The number of carbonyl (C=O) groups excluding carboxylic acids is 2. The van der Waals surface area contributed by atoms with Gasteiger partial charge in [0.2, 0.25) is 0 Å². The van der Waals surface area contributed by atoms with Crippen molar-refractivity contribution in [2.45, 2.75) is 79.1 Å². The third-order valence-electron chi connectivity index (χ3n) is 7.87. The molecule has 23 heavy (non-hydrogen) atoms. The minimum Gasteiger partial charge on any atom is -0.300 e. The molecular formula is C21H32O2. The van der Waals surface area contributed by atoms with E-state index in [1.807, 2.05) is 6.08 Å². The number of rotatable bonds is 3. The number of allylic oxidation sites excluding steroid dienone is 2. The Balaban J connectivity index is 1.82. The molecule has 0 spiro atoms. The smallest absolute Gasteiger partial charge is 0.155 e. The molecule has 5 unspecified atom stereocenters. The summed E-state index contributed by atoms with van der Waals surface area (Å²) in [4.78, 5) is 23.9. The number of hydrogen-bond donors (Lipinski definition) is 0. The standard InChI is InChI=1S/C21H32O2/c1-5-15-13-18(23)9-11-20(15,3)17-8-10-21(4)16(12-17)6-7-19(21)14(2)22/h13,16-17,19H,5-12H2,1-4H3. The Bertz CT molecular complexity index is 546. The van der Waals surface area contributed by atoms with Gasteiger partial charge in [-0.05, 0) is 80.6 Å². The molecule has 0 aromatic heterocycles. The quantitative estimate of drug-likeness (QED) is 0.724. The van der Waals surface area contributed by atoms with E-state index in [1.54, 1.807) is 6.92 Å². The molecule has 2 saturated carbocycles. The molecule has 0 radical (unpaired) electrons. The summed E-state index contributed by atoms with van der Waals surface area (Å²) < 4.78 is 0. The second-order valence-electron chi connectivity index (χ2n) is 8.82. The van der Waals surface area contributed by atoms with Crippen LogP contribution in [0.2, 0.25) is 0 Å². The number of fused-ring (bicyclic) bond motifs is 1. The molecule has 0 bridgehead atoms. The van der Waals surface area contributed by atoms with Gasteiger partial charge in [0, 0.05) is 12.3 Å². The normalized spacial score (nSPS) is 43.9. The summed E-state index contributed by atoms with van der Waals surface area (Å²) in [5, 5.41) is 0. The molecule has 0 heterocycles. The highest BCUT2D eigenvalue weighted by Crippen LogP contribution is 2.61. The van der Waals surface area contributed by atoms with Crippen LogP contribution in [0.1, 0.15) is 79.1 Å². The highest BCUT2D eigenvalue weighted by Gasteiger charge is 2.53. The number of ketones is 2. The predicted octanol–water partition coefficient (Wildman–Crippen LogP) is 5.11. The Morgan fingerprint density at radius 3 is 2.57 bits per heavy atom. The monoisotopic (exact) mass is 316 g/mol. The van der Waals surface area contributed by atoms with Crippen LogP contribution in [0.25, 0.3) is 0 Å². The van der Waals surface area contributed by atoms with E-state index in [9.17, 15) is 9.59 Å². The lowest BCUT2D eigenvalue weighted by Gasteiger charge is -2.50. The van der Waals surface area contributed by atoms with Crippen LogP contribution in [0.5, 0.6) is 0 Å². The molecule has 0 aliphatic heterocycles. The summed E-state index contributed by atoms with van der Waals surface area (Å²) in [6.45, 7) is 8.75. The summed E-state index contributed by atoms with van der Waals surface area (Å²) in [7, 11) is 0. The summed E-state index contributed by atoms with van der Waals surface area (Å²) in [5.41, 5.74) is 1.82. The van der Waals surface area contributed by atoms with Gasteiger partial charge >= 0.3 is 0 Å². The Hall–Kier alpha value is -0.920. The molecule has 128 valence electrons. The Labute approximate surface area is 141 Å². The lowest BCUT2D eigenvalue weighted by molar-refractivity contribution is -0.125. The second kappa shape index (κ2) is 5.86. The van der Waals surface area contributed by atoms with Gasteiger partial charge in [0.05, 0.1) is 0 Å². The zero-order valence-electron chi connectivity index (χ0n) is 15.3. The van der Waals surface area contributed by atoms with Gasteiger partial charge in [-0.1, -0.05) is 26.3 Å². The molecule has 5 atom stereocenters. The van der Waals surface area contributed by atoms with E-state index in [1.165, 1.54) is 31.3 Å². The Kier molecular flexibility index (Phi) is 4.31. The molecule has 2 fully saturated rings. The fraction of sp³-hybridized carbons (Fsp3) is 0.810. The van der Waals surface area contributed by atoms with Crippen molar-refractivity contribution in [1.29, 1.82) is 0 Å². The first-order chi connectivity index (χ1) is 10.8. The molecule has 3 aliphatic rings. The zero-order valence-corrected chi connectivity index (χ0v) is 15.3. The van der Waals surface area contributed by atoms with E-state index < -0.39 is 0 Å². The third-order valence-corrected chi connectivity index (χ3v) is 7.87. The van der Waals surface area contributed by atoms with Gasteiger partial charge in [-0.15, -0.1) is 0 Å². The summed E-state index contributed by atoms with van der Waals surface area (Å²) >= 11 is 0. The molecular weight excluding hydrogens is 284 g/mol. The fourth-order valence-electron chi connectivity index (χ4n) is 6.22. The van der Waals surface area contributed by atoms with E-state index in [4.69, 9.17) is 0 Å². The average molecular weight is 316 g/mol. The minimum atomic E-state index is 0.207. The first kappa shape index (κ1) is 16.9. The van der Waals surface area contributed by atoms with Crippen LogP contribution in [0.15, 0.2) is 11.6 Å². The van der Waals surface area contributed by atoms with Gasteiger partial charge in [-0.2, -0.15) is 0 Å². The van der Waals surface area contributed by atoms with E-state index in [2.05, 4.69) is 20.8 Å². The zero-order chi connectivity index (χ0) is 16.8. The van der Waals surface area contributed by atoms with Gasteiger partial charge in [-0.3, -0.25) is 9.59 Å². The van der Waals surface area contributed by atoms with Crippen molar-refractivity contribution >= 4 is 11.6 Å². The topological polar surface area (TPSA) is 34.1 Å². The number of hydrogen-bond acceptors (Lipinski definition) is 2. The van der Waals surface area contributed by atoms with E-state index in [-0.39, 0.29) is 16.7 Å². The predicted molar refractivity (Wildman–Crippen MR) is 93.1 cm³/mol. The highest BCUT2D eigenvalue weighted by atomic mass is 16.1. The maximum atomic E-state index is 12.0. The van der Waals surface area contributed by atoms with Crippen LogP contribution in [-0.4, -0.2) is 11.6 Å². The van der Waals surface area contributed by atoms with Crippen molar-refractivity contribution in [3.63, 3.8) is 0 Å². The molecule has 3 rings (SSSR count). The molecule has 0 saturated heterocycles. The minimum absolute atomic E-state index is 0.207. The van der Waals surface area contributed by atoms with Crippen LogP contribution in [0, 0.1) is 28.6 Å². The molecule has 0 N–H and O–H groups in total. The van der Waals surface area contributed by atoms with Gasteiger partial charge in [0.1, 0.15) is 5.78 Å². The number of carbonyl (C=O) groups is 2. The summed E-state index contributed by atoms with van der Waals surface area (Å²) in [6, 6.07) is 0. The highest BCUT2D eigenvalue weighted by molar-refractivity contribution is 5.91. The maximum Gasteiger partial charge on any atom is 0.155 e. The number of Topliss-reactive ketones (excluding diaryl/α,β-unsaturated/α-hetero) is 1. The second-order valence-corrected chi connectivity index (χ2v) is 8.82. The molecule has 2 nitrogen and oxygen atoms in total. The molecule has 3 aliphatic carbocycles. The van der Waals surface area contributed by atoms with Gasteiger partial charge < -0.3 is 0 Å². The van der Waals surface area contributed by atoms with Gasteiger partial charge in [0.25, 0.3) is 0 Å². The summed E-state index contributed by atoms with van der Waals surface area (Å²) in [5.74, 6) is 2.39. The van der Waals surface area contributed by atoms with Crippen molar-refractivity contribution < 1.29 is 9.59 Å². The third kappa shape index (κ3) is 2.62. The van der Waals surface area contributed by atoms with Crippen LogP contribution >= 0.6 is 0 Å². The molecule has 0 amide bonds. The SMILES string of the molecule is CCC1=CC(=O)CCC1(C)C1CCC2(C)C(CCC2C(C)=O)C1. The first-order valence-electron chi connectivity index (χ1n) is 9.55. The van der Waals surface area contributed by atoms with Crippen molar-refractivity contribution in [3.8, 4) is 0 Å². The van der Waals surface area contributed by atoms with Crippen molar-refractivity contribution in [3.05, 3.63) is 11.6 Å². The van der Waals surface area contributed by atoms with E-state index in [0.29, 0.717) is 29.8 Å². The molecule has 0 aromatic carbocycles. The van der Waals surface area contributed by atoms with Gasteiger partial charge in [-0.25, -0.2) is 0 Å². The van der Waals surface area contributed by atoms with Crippen molar-refractivity contribution in [2.75, 3.05) is 0 Å². The van der Waals surface area contributed by atoms with Crippen LogP contribution in [0.4, 0.5) is 0 Å². The van der Waals surface area contributed by atoms with Crippen LogP contribution < -0.4 is 0 Å². The lowest BCUT2D eigenvalue weighted by Crippen LogP contribution is -2.43. The summed E-state index contributed by atoms with van der Waals surface area (Å²) in [6.07, 6.45) is 10.7. The van der Waals surface area contributed by atoms with Crippen molar-refractivity contribution in [1.82, 2.24) is 0 Å².